The van der Waals surface area contributed by atoms with Gasteiger partial charge in [-0.15, -0.1) is 0 Å². The van der Waals surface area contributed by atoms with Gasteiger partial charge in [-0.2, -0.15) is 0 Å². The highest BCUT2D eigenvalue weighted by Gasteiger charge is 2.30. The van der Waals surface area contributed by atoms with Gasteiger partial charge in [0.15, 0.2) is 6.10 Å². The van der Waals surface area contributed by atoms with Crippen LogP contribution in [0.25, 0.3) is 0 Å². The van der Waals surface area contributed by atoms with Crippen LogP contribution in [0.4, 0.5) is 0 Å². The molecular weight excluding hydrogens is 248 g/mol. The van der Waals surface area contributed by atoms with E-state index in [1.807, 2.05) is 20.8 Å². The monoisotopic (exact) mass is 274 g/mol. The van der Waals surface area contributed by atoms with Gasteiger partial charge in [-0.25, -0.2) is 4.79 Å². The average molecular weight is 274 g/mol. The van der Waals surface area contributed by atoms with Gasteiger partial charge in [0.05, 0.1) is 24.2 Å². The molecule has 0 aromatic rings. The number of ether oxygens (including phenoxy) is 3. The van der Waals surface area contributed by atoms with E-state index in [1.54, 1.807) is 27.7 Å². The zero-order valence-corrected chi connectivity index (χ0v) is 13.0. The maximum Gasteiger partial charge on any atom is 0.336 e. The first-order valence-corrected chi connectivity index (χ1v) is 6.59. The zero-order valence-electron chi connectivity index (χ0n) is 13.0. The molecule has 5 nitrogen and oxygen atoms in total. The molecule has 0 saturated heterocycles. The molecule has 0 aliphatic carbocycles. The van der Waals surface area contributed by atoms with Crippen molar-refractivity contribution >= 4 is 11.9 Å². The van der Waals surface area contributed by atoms with E-state index in [4.69, 9.17) is 14.2 Å². The predicted molar refractivity (Wildman–Crippen MR) is 71.7 cm³/mol. The SMILES string of the molecule is CC(C)OC(=O)CC(OC(C)(C)C)C(=O)OC(C)C. The number of hydrogen-bond acceptors (Lipinski definition) is 5. The molecular formula is C14H26O5. The summed E-state index contributed by atoms with van der Waals surface area (Å²) in [6.45, 7) is 12.5. The molecule has 0 amide bonds. The van der Waals surface area contributed by atoms with E-state index >= 15 is 0 Å². The lowest BCUT2D eigenvalue weighted by Crippen LogP contribution is -2.37. The fourth-order valence-corrected chi connectivity index (χ4v) is 1.37. The Hall–Kier alpha value is -1.10. The van der Waals surface area contributed by atoms with Gasteiger partial charge in [0.25, 0.3) is 0 Å². The molecule has 0 rings (SSSR count). The van der Waals surface area contributed by atoms with Crippen molar-refractivity contribution in [3.63, 3.8) is 0 Å². The first-order chi connectivity index (χ1) is 8.51. The lowest BCUT2D eigenvalue weighted by atomic mass is 10.1. The van der Waals surface area contributed by atoms with E-state index in [0.29, 0.717) is 0 Å². The first-order valence-electron chi connectivity index (χ1n) is 6.59. The molecule has 0 saturated carbocycles. The molecule has 1 unspecified atom stereocenters. The second-order valence-corrected chi connectivity index (χ2v) is 5.95. The molecule has 0 spiro atoms. The van der Waals surface area contributed by atoms with Gasteiger partial charge in [0.1, 0.15) is 0 Å². The minimum Gasteiger partial charge on any atom is -0.463 e. The third-order valence-electron chi connectivity index (χ3n) is 1.83. The van der Waals surface area contributed by atoms with Gasteiger partial charge in [-0.1, -0.05) is 0 Å². The van der Waals surface area contributed by atoms with E-state index in [-0.39, 0.29) is 18.6 Å². The van der Waals surface area contributed by atoms with Crippen LogP contribution in [-0.2, 0) is 23.8 Å². The minimum atomic E-state index is -0.936. The Morgan fingerprint density at radius 1 is 0.947 bits per heavy atom. The number of carbonyl (C=O) groups excluding carboxylic acids is 2. The third-order valence-corrected chi connectivity index (χ3v) is 1.83. The molecule has 0 aliphatic rings. The molecule has 0 bridgehead atoms. The van der Waals surface area contributed by atoms with E-state index < -0.39 is 23.6 Å². The highest BCUT2D eigenvalue weighted by molar-refractivity contribution is 5.82. The first kappa shape index (κ1) is 17.9. The summed E-state index contributed by atoms with van der Waals surface area (Å²) < 4.78 is 15.7. The molecule has 1 atom stereocenters. The third kappa shape index (κ3) is 9.47. The van der Waals surface area contributed by atoms with Gasteiger partial charge >= 0.3 is 11.9 Å². The molecule has 0 heterocycles. The van der Waals surface area contributed by atoms with Crippen LogP contribution in [0.15, 0.2) is 0 Å². The minimum absolute atomic E-state index is 0.138. The number of esters is 2. The van der Waals surface area contributed by atoms with Crippen LogP contribution in [0, 0.1) is 0 Å². The van der Waals surface area contributed by atoms with Crippen molar-refractivity contribution in [2.45, 2.75) is 78.8 Å². The number of rotatable bonds is 6. The molecule has 0 aromatic heterocycles. The highest BCUT2D eigenvalue weighted by Crippen LogP contribution is 2.16. The molecule has 0 aliphatic heterocycles. The summed E-state index contributed by atoms with van der Waals surface area (Å²) in [5.74, 6) is -1.00. The largest absolute Gasteiger partial charge is 0.463 e. The van der Waals surface area contributed by atoms with Gasteiger partial charge in [-0.05, 0) is 48.5 Å². The summed E-state index contributed by atoms with van der Waals surface area (Å²) >= 11 is 0. The second kappa shape index (κ2) is 7.48. The number of hydrogen-bond donors (Lipinski definition) is 0. The van der Waals surface area contributed by atoms with Crippen LogP contribution >= 0.6 is 0 Å². The Bertz CT molecular complexity index is 301. The lowest BCUT2D eigenvalue weighted by molar-refractivity contribution is -0.176. The Labute approximate surface area is 115 Å². The predicted octanol–water partition coefficient (Wildman–Crippen LogP) is 2.46. The van der Waals surface area contributed by atoms with Crippen molar-refractivity contribution < 1.29 is 23.8 Å². The van der Waals surface area contributed by atoms with E-state index in [0.717, 1.165) is 0 Å². The van der Waals surface area contributed by atoms with Crippen molar-refractivity contribution in [2.24, 2.45) is 0 Å². The van der Waals surface area contributed by atoms with Crippen LogP contribution in [0.5, 0.6) is 0 Å². The summed E-state index contributed by atoms with van der Waals surface area (Å²) in [5, 5.41) is 0. The smallest absolute Gasteiger partial charge is 0.336 e. The Kier molecular flexibility index (Phi) is 7.05. The second-order valence-electron chi connectivity index (χ2n) is 5.95. The van der Waals surface area contributed by atoms with Crippen molar-refractivity contribution in [2.75, 3.05) is 0 Å². The van der Waals surface area contributed by atoms with Gasteiger partial charge in [0.2, 0.25) is 0 Å². The van der Waals surface area contributed by atoms with Crippen molar-refractivity contribution in [3.8, 4) is 0 Å². The molecule has 0 fully saturated rings. The standard InChI is InChI=1S/C14H26O5/c1-9(2)17-12(15)8-11(19-14(5,6)7)13(16)18-10(3)4/h9-11H,8H2,1-7H3. The normalized spacial score (nSPS) is 13.5. The van der Waals surface area contributed by atoms with Crippen LogP contribution in [0.3, 0.4) is 0 Å². The lowest BCUT2D eigenvalue weighted by Gasteiger charge is -2.26. The quantitative estimate of drug-likeness (QED) is 0.696. The van der Waals surface area contributed by atoms with Gasteiger partial charge in [-0.3, -0.25) is 4.79 Å². The van der Waals surface area contributed by atoms with Crippen LogP contribution < -0.4 is 0 Å². The zero-order chi connectivity index (χ0) is 15.2. The van der Waals surface area contributed by atoms with Crippen molar-refractivity contribution in [1.82, 2.24) is 0 Å². The Balaban J connectivity index is 4.67. The maximum absolute atomic E-state index is 11.9. The molecule has 5 heteroatoms. The van der Waals surface area contributed by atoms with Crippen molar-refractivity contribution in [3.05, 3.63) is 0 Å². The van der Waals surface area contributed by atoms with Crippen molar-refractivity contribution in [1.29, 1.82) is 0 Å². The summed E-state index contributed by atoms with van der Waals surface area (Å²) in [6, 6.07) is 0. The molecule has 0 radical (unpaired) electrons. The average Bonchev–Trinajstić information content (AvgIpc) is 2.11. The van der Waals surface area contributed by atoms with Crippen LogP contribution in [0.1, 0.15) is 54.9 Å². The summed E-state index contributed by atoms with van der Waals surface area (Å²) in [6.07, 6.45) is -1.54. The molecule has 0 N–H and O–H groups in total. The van der Waals surface area contributed by atoms with Gasteiger partial charge < -0.3 is 14.2 Å². The summed E-state index contributed by atoms with van der Waals surface area (Å²) in [4.78, 5) is 23.5. The molecule has 19 heavy (non-hydrogen) atoms. The fraction of sp³-hybridized carbons (Fsp3) is 0.857. The topological polar surface area (TPSA) is 61.8 Å². The van der Waals surface area contributed by atoms with E-state index in [1.165, 1.54) is 0 Å². The Morgan fingerprint density at radius 3 is 1.79 bits per heavy atom. The summed E-state index contributed by atoms with van der Waals surface area (Å²) in [5.41, 5.74) is -0.543. The van der Waals surface area contributed by atoms with Crippen LogP contribution in [-0.4, -0.2) is 35.9 Å². The molecule has 0 aromatic carbocycles. The van der Waals surface area contributed by atoms with E-state index in [9.17, 15) is 9.59 Å². The number of carbonyl (C=O) groups is 2. The summed E-state index contributed by atoms with van der Waals surface area (Å²) in [7, 11) is 0. The fourth-order valence-electron chi connectivity index (χ4n) is 1.37. The molecule has 112 valence electrons. The van der Waals surface area contributed by atoms with Crippen LogP contribution in [0.2, 0.25) is 0 Å². The maximum atomic E-state index is 11.9. The highest BCUT2D eigenvalue weighted by atomic mass is 16.6. The Morgan fingerprint density at radius 2 is 1.42 bits per heavy atom. The van der Waals surface area contributed by atoms with Gasteiger partial charge in [0, 0.05) is 0 Å². The van der Waals surface area contributed by atoms with E-state index in [2.05, 4.69) is 0 Å².